The number of anilines is 2. The number of nitrogens with one attached hydrogen (secondary N) is 1. The van der Waals surface area contributed by atoms with Crippen LogP contribution in [0.4, 0.5) is 11.4 Å². The van der Waals surface area contributed by atoms with E-state index in [1.165, 1.54) is 6.07 Å². The molecule has 0 saturated carbocycles. The lowest BCUT2D eigenvalue weighted by Gasteiger charge is -2.30. The third-order valence-electron chi connectivity index (χ3n) is 5.07. The van der Waals surface area contributed by atoms with Gasteiger partial charge in [-0.25, -0.2) is 0 Å². The number of hydrogen-bond donors (Lipinski definition) is 2. The van der Waals surface area contributed by atoms with Gasteiger partial charge in [0.1, 0.15) is 5.75 Å². The van der Waals surface area contributed by atoms with Crippen LogP contribution in [0.1, 0.15) is 31.8 Å². The van der Waals surface area contributed by atoms with Crippen molar-refractivity contribution in [3.8, 4) is 5.75 Å². The van der Waals surface area contributed by atoms with Gasteiger partial charge in [0, 0.05) is 5.69 Å². The Morgan fingerprint density at radius 1 is 0.846 bits per heavy atom. The van der Waals surface area contributed by atoms with Crippen molar-refractivity contribution in [3.63, 3.8) is 0 Å². The Morgan fingerprint density at radius 3 is 2.12 bits per heavy atom. The van der Waals surface area contributed by atoms with E-state index in [-0.39, 0.29) is 28.4 Å². The van der Waals surface area contributed by atoms with Crippen molar-refractivity contribution < 1.29 is 14.7 Å². The molecule has 0 unspecified atom stereocenters. The van der Waals surface area contributed by atoms with Crippen LogP contribution in [0.5, 0.6) is 5.75 Å². The first-order chi connectivity index (χ1) is 12.5. The molecule has 4 heteroatoms. The van der Waals surface area contributed by atoms with Crippen LogP contribution < -0.4 is 5.32 Å². The summed E-state index contributed by atoms with van der Waals surface area (Å²) < 4.78 is 0. The Morgan fingerprint density at radius 2 is 1.46 bits per heavy atom. The van der Waals surface area contributed by atoms with Gasteiger partial charge in [-0.3, -0.25) is 9.59 Å². The van der Waals surface area contributed by atoms with Gasteiger partial charge in [-0.1, -0.05) is 42.0 Å². The summed E-state index contributed by atoms with van der Waals surface area (Å²) in [5.41, 5.74) is 3.99. The highest BCUT2D eigenvalue weighted by atomic mass is 16.3. The van der Waals surface area contributed by atoms with Crippen LogP contribution in [0, 0.1) is 25.7 Å². The smallest absolute Gasteiger partial charge is 0.175 e. The van der Waals surface area contributed by atoms with Crippen molar-refractivity contribution in [1.82, 2.24) is 0 Å². The highest BCUT2D eigenvalue weighted by Gasteiger charge is 2.42. The monoisotopic (exact) mass is 345 g/mol. The standard InChI is InChI=1S/C22H19NO3/c1-12-7-8-16(13(2)11-12)23-17-9-10-18(24)20-19(17)21(25)14-5-3-4-6-15(14)22(20)26/h3-11,14-15,23-24H,1-2H3/t14-,15+/m1/s1. The quantitative estimate of drug-likeness (QED) is 0.787. The number of Topliss-reactive ketones (excluding diaryl/α,β-unsaturated/α-hetero) is 2. The molecule has 2 aliphatic rings. The maximum atomic E-state index is 13.1. The maximum absolute atomic E-state index is 13.1. The molecule has 4 rings (SSSR count). The molecule has 4 nitrogen and oxygen atoms in total. The summed E-state index contributed by atoms with van der Waals surface area (Å²) in [4.78, 5) is 26.0. The Labute approximate surface area is 151 Å². The average Bonchev–Trinajstić information content (AvgIpc) is 2.63. The van der Waals surface area contributed by atoms with Crippen LogP contribution in [-0.2, 0) is 0 Å². The van der Waals surface area contributed by atoms with Crippen LogP contribution >= 0.6 is 0 Å². The normalized spacial score (nSPS) is 20.7. The lowest BCUT2D eigenvalue weighted by Crippen LogP contribution is -2.35. The van der Waals surface area contributed by atoms with Crippen LogP contribution in [0.3, 0.4) is 0 Å². The summed E-state index contributed by atoms with van der Waals surface area (Å²) in [6, 6.07) is 9.11. The van der Waals surface area contributed by atoms with E-state index in [0.29, 0.717) is 5.69 Å². The third-order valence-corrected chi connectivity index (χ3v) is 5.07. The molecule has 2 aliphatic carbocycles. The van der Waals surface area contributed by atoms with Crippen molar-refractivity contribution in [2.24, 2.45) is 11.8 Å². The van der Waals surface area contributed by atoms with E-state index in [1.807, 2.05) is 32.0 Å². The number of phenols is 1. The molecule has 0 amide bonds. The fourth-order valence-electron chi connectivity index (χ4n) is 3.74. The second-order valence-corrected chi connectivity index (χ2v) is 6.88. The number of benzene rings is 2. The molecule has 2 atom stereocenters. The molecule has 0 aliphatic heterocycles. The maximum Gasteiger partial charge on any atom is 0.175 e. The van der Waals surface area contributed by atoms with Gasteiger partial charge in [0.05, 0.1) is 28.7 Å². The fraction of sp³-hybridized carbons (Fsp3) is 0.182. The number of carbonyl (C=O) groups is 2. The lowest BCUT2D eigenvalue weighted by molar-refractivity contribution is 0.0799. The van der Waals surface area contributed by atoms with E-state index in [4.69, 9.17) is 0 Å². The van der Waals surface area contributed by atoms with E-state index < -0.39 is 11.8 Å². The first kappa shape index (κ1) is 16.3. The minimum atomic E-state index is -0.540. The number of phenolic OH excluding ortho intramolecular Hbond substituents is 1. The molecule has 0 bridgehead atoms. The summed E-state index contributed by atoms with van der Waals surface area (Å²) in [6.07, 6.45) is 7.06. The minimum absolute atomic E-state index is 0.117. The summed E-state index contributed by atoms with van der Waals surface area (Å²) in [5.74, 6) is -1.56. The van der Waals surface area contributed by atoms with E-state index in [1.54, 1.807) is 30.4 Å². The van der Waals surface area contributed by atoms with Crippen molar-refractivity contribution in [2.75, 3.05) is 5.32 Å². The van der Waals surface area contributed by atoms with Gasteiger partial charge < -0.3 is 10.4 Å². The molecule has 0 heterocycles. The van der Waals surface area contributed by atoms with Gasteiger partial charge in [-0.2, -0.15) is 0 Å². The fourth-order valence-corrected chi connectivity index (χ4v) is 3.74. The predicted molar refractivity (Wildman–Crippen MR) is 101 cm³/mol. The van der Waals surface area contributed by atoms with Crippen molar-refractivity contribution in [2.45, 2.75) is 13.8 Å². The van der Waals surface area contributed by atoms with Crippen LogP contribution in [0.25, 0.3) is 0 Å². The van der Waals surface area contributed by atoms with Crippen LogP contribution in [0.15, 0.2) is 54.6 Å². The first-order valence-corrected chi connectivity index (χ1v) is 8.61. The number of aryl methyl sites for hydroxylation is 2. The Hall–Kier alpha value is -3.14. The number of rotatable bonds is 2. The number of hydrogen-bond acceptors (Lipinski definition) is 4. The van der Waals surface area contributed by atoms with Gasteiger partial charge in [-0.05, 0) is 37.6 Å². The Bertz CT molecular complexity index is 1000. The molecule has 0 saturated heterocycles. The van der Waals surface area contributed by atoms with E-state index in [2.05, 4.69) is 5.32 Å². The molecule has 0 spiro atoms. The van der Waals surface area contributed by atoms with E-state index in [9.17, 15) is 14.7 Å². The second-order valence-electron chi connectivity index (χ2n) is 6.88. The number of ketones is 2. The van der Waals surface area contributed by atoms with Crippen molar-refractivity contribution in [1.29, 1.82) is 0 Å². The molecule has 2 aromatic rings. The molecule has 0 fully saturated rings. The van der Waals surface area contributed by atoms with Crippen molar-refractivity contribution >= 4 is 22.9 Å². The molecule has 0 radical (unpaired) electrons. The molecular weight excluding hydrogens is 326 g/mol. The van der Waals surface area contributed by atoms with Crippen molar-refractivity contribution in [3.05, 3.63) is 76.9 Å². The zero-order chi connectivity index (χ0) is 18.4. The number of carbonyl (C=O) groups excluding carboxylic acids is 2. The van der Waals surface area contributed by atoms with Gasteiger partial charge in [0.25, 0.3) is 0 Å². The Kier molecular flexibility index (Phi) is 3.76. The van der Waals surface area contributed by atoms with Crippen LogP contribution in [-0.4, -0.2) is 16.7 Å². The Balaban J connectivity index is 1.85. The summed E-state index contributed by atoms with van der Waals surface area (Å²) in [6.45, 7) is 4.00. The SMILES string of the molecule is Cc1ccc(Nc2ccc(O)c3c2C(=O)[C@@H]2C=CC=C[C@@H]2C3=O)c(C)c1. The van der Waals surface area contributed by atoms with Gasteiger partial charge in [-0.15, -0.1) is 0 Å². The number of allylic oxidation sites excluding steroid dienone is 4. The summed E-state index contributed by atoms with van der Waals surface area (Å²) in [7, 11) is 0. The topological polar surface area (TPSA) is 66.4 Å². The van der Waals surface area contributed by atoms with E-state index in [0.717, 1.165) is 16.8 Å². The largest absolute Gasteiger partial charge is 0.507 e. The van der Waals surface area contributed by atoms with Gasteiger partial charge >= 0.3 is 0 Å². The molecule has 26 heavy (non-hydrogen) atoms. The van der Waals surface area contributed by atoms with Gasteiger partial charge in [0.15, 0.2) is 11.6 Å². The first-order valence-electron chi connectivity index (χ1n) is 8.61. The lowest BCUT2D eigenvalue weighted by atomic mass is 9.71. The molecule has 130 valence electrons. The summed E-state index contributed by atoms with van der Waals surface area (Å²) in [5, 5.41) is 13.5. The number of aromatic hydroxyl groups is 1. The summed E-state index contributed by atoms with van der Waals surface area (Å²) >= 11 is 0. The molecular formula is C22H19NO3. The van der Waals surface area contributed by atoms with E-state index >= 15 is 0 Å². The molecule has 2 aromatic carbocycles. The second kappa shape index (κ2) is 5.99. The predicted octanol–water partition coefficient (Wildman–Crippen LogP) is 4.49. The zero-order valence-electron chi connectivity index (χ0n) is 14.6. The third kappa shape index (κ3) is 2.46. The molecule has 2 N–H and O–H groups in total. The number of fused-ring (bicyclic) bond motifs is 2. The highest BCUT2D eigenvalue weighted by Crippen LogP contribution is 2.41. The van der Waals surface area contributed by atoms with Crippen LogP contribution in [0.2, 0.25) is 0 Å². The zero-order valence-corrected chi connectivity index (χ0v) is 14.6. The van der Waals surface area contributed by atoms with Gasteiger partial charge in [0.2, 0.25) is 0 Å². The minimum Gasteiger partial charge on any atom is -0.507 e. The average molecular weight is 345 g/mol. The highest BCUT2D eigenvalue weighted by molar-refractivity contribution is 6.21. The molecule has 0 aromatic heterocycles.